The van der Waals surface area contributed by atoms with E-state index in [9.17, 15) is 4.79 Å². The summed E-state index contributed by atoms with van der Waals surface area (Å²) < 4.78 is 6.57. The minimum absolute atomic E-state index is 0.135. The molecular formula is C21H21N5O2. The van der Waals surface area contributed by atoms with Crippen LogP contribution in [0.5, 0.6) is 0 Å². The van der Waals surface area contributed by atoms with Crippen molar-refractivity contribution in [2.75, 3.05) is 0 Å². The predicted octanol–water partition coefficient (Wildman–Crippen LogP) is 3.45. The molecule has 0 aliphatic carbocycles. The van der Waals surface area contributed by atoms with E-state index in [1.807, 2.05) is 42.9 Å². The SMILES string of the molecule is Cc1nonc1CC(=O)N[C@H](C)c1cnn(-c2cccc3ccccc23)c1C. The first-order chi connectivity index (χ1) is 13.5. The Kier molecular flexibility index (Phi) is 4.65. The molecule has 1 N–H and O–H groups in total. The quantitative estimate of drug-likeness (QED) is 0.577. The number of amides is 1. The molecule has 0 radical (unpaired) electrons. The standard InChI is InChI=1S/C21H21N5O2/c1-13(23-21(27)11-19-14(2)24-28-25-19)18-12-22-26(15(18)3)20-10-6-8-16-7-4-5-9-17(16)20/h4-10,12-13H,11H2,1-3H3,(H,23,27)/t13-/m1/s1. The lowest BCUT2D eigenvalue weighted by molar-refractivity contribution is -0.121. The van der Waals surface area contributed by atoms with Crippen LogP contribution >= 0.6 is 0 Å². The van der Waals surface area contributed by atoms with Crippen molar-refractivity contribution in [1.29, 1.82) is 0 Å². The second-order valence-corrected chi connectivity index (χ2v) is 6.86. The number of benzene rings is 2. The Labute approximate surface area is 162 Å². The Morgan fingerprint density at radius 3 is 2.71 bits per heavy atom. The van der Waals surface area contributed by atoms with Crippen LogP contribution in [-0.2, 0) is 11.2 Å². The largest absolute Gasteiger partial charge is 0.349 e. The molecule has 4 aromatic rings. The molecule has 2 aromatic heterocycles. The van der Waals surface area contributed by atoms with Gasteiger partial charge in [0.1, 0.15) is 11.4 Å². The van der Waals surface area contributed by atoms with Crippen molar-refractivity contribution in [2.24, 2.45) is 0 Å². The van der Waals surface area contributed by atoms with E-state index in [4.69, 9.17) is 0 Å². The number of hydrogen-bond acceptors (Lipinski definition) is 5. The lowest BCUT2D eigenvalue weighted by atomic mass is 10.1. The molecule has 28 heavy (non-hydrogen) atoms. The lowest BCUT2D eigenvalue weighted by Gasteiger charge is -2.14. The molecule has 0 unspecified atom stereocenters. The predicted molar refractivity (Wildman–Crippen MR) is 105 cm³/mol. The first-order valence-corrected chi connectivity index (χ1v) is 9.14. The second-order valence-electron chi connectivity index (χ2n) is 6.86. The molecule has 0 saturated carbocycles. The van der Waals surface area contributed by atoms with Crippen LogP contribution in [-0.4, -0.2) is 26.0 Å². The molecule has 7 heteroatoms. The fraction of sp³-hybridized carbons (Fsp3) is 0.238. The van der Waals surface area contributed by atoms with Gasteiger partial charge in [-0.15, -0.1) is 0 Å². The number of fused-ring (bicyclic) bond motifs is 1. The highest BCUT2D eigenvalue weighted by molar-refractivity contribution is 5.90. The van der Waals surface area contributed by atoms with E-state index >= 15 is 0 Å². The summed E-state index contributed by atoms with van der Waals surface area (Å²) in [6.07, 6.45) is 1.95. The molecule has 1 amide bonds. The van der Waals surface area contributed by atoms with Crippen LogP contribution < -0.4 is 5.32 Å². The number of aryl methyl sites for hydroxylation is 1. The Morgan fingerprint density at radius 2 is 1.93 bits per heavy atom. The second kappa shape index (κ2) is 7.26. The van der Waals surface area contributed by atoms with Crippen molar-refractivity contribution >= 4 is 16.7 Å². The van der Waals surface area contributed by atoms with Gasteiger partial charge >= 0.3 is 0 Å². The van der Waals surface area contributed by atoms with Crippen molar-refractivity contribution in [3.05, 3.63) is 71.3 Å². The minimum Gasteiger partial charge on any atom is -0.349 e. The van der Waals surface area contributed by atoms with Crippen LogP contribution in [0.15, 0.2) is 53.3 Å². The van der Waals surface area contributed by atoms with Crippen LogP contribution in [0.3, 0.4) is 0 Å². The van der Waals surface area contributed by atoms with E-state index in [1.165, 1.54) is 0 Å². The average molecular weight is 375 g/mol. The number of carbonyl (C=O) groups is 1. The highest BCUT2D eigenvalue weighted by Gasteiger charge is 2.18. The van der Waals surface area contributed by atoms with Crippen LogP contribution in [0, 0.1) is 13.8 Å². The molecule has 0 fully saturated rings. The zero-order chi connectivity index (χ0) is 19.7. The first-order valence-electron chi connectivity index (χ1n) is 9.14. The first kappa shape index (κ1) is 17.9. The summed E-state index contributed by atoms with van der Waals surface area (Å²) in [7, 11) is 0. The van der Waals surface area contributed by atoms with Crippen molar-refractivity contribution in [1.82, 2.24) is 25.4 Å². The van der Waals surface area contributed by atoms with Crippen LogP contribution in [0.1, 0.15) is 35.6 Å². The van der Waals surface area contributed by atoms with E-state index in [1.54, 1.807) is 6.92 Å². The summed E-state index contributed by atoms with van der Waals surface area (Å²) in [5, 5.41) is 17.3. The van der Waals surface area contributed by atoms with E-state index in [0.29, 0.717) is 11.4 Å². The zero-order valence-corrected chi connectivity index (χ0v) is 16.0. The van der Waals surface area contributed by atoms with Gasteiger partial charge in [-0.2, -0.15) is 5.10 Å². The summed E-state index contributed by atoms with van der Waals surface area (Å²) in [4.78, 5) is 12.4. The topological polar surface area (TPSA) is 85.8 Å². The molecule has 0 saturated heterocycles. The minimum atomic E-state index is -0.184. The fourth-order valence-corrected chi connectivity index (χ4v) is 3.42. The third-order valence-electron chi connectivity index (χ3n) is 4.96. The van der Waals surface area contributed by atoms with E-state index in [2.05, 4.69) is 49.6 Å². The van der Waals surface area contributed by atoms with Gasteiger partial charge in [-0.1, -0.05) is 46.7 Å². The molecule has 7 nitrogen and oxygen atoms in total. The van der Waals surface area contributed by atoms with Crippen LogP contribution in [0.4, 0.5) is 0 Å². The number of hydrogen-bond donors (Lipinski definition) is 1. The van der Waals surface area contributed by atoms with Gasteiger partial charge in [-0.3, -0.25) is 4.79 Å². The molecule has 2 aromatic carbocycles. The number of carbonyl (C=O) groups excluding carboxylic acids is 1. The van der Waals surface area contributed by atoms with Crippen LogP contribution in [0.2, 0.25) is 0 Å². The summed E-state index contributed by atoms with van der Waals surface area (Å²) in [5.41, 5.74) is 4.15. The summed E-state index contributed by atoms with van der Waals surface area (Å²) in [6, 6.07) is 14.2. The van der Waals surface area contributed by atoms with Crippen molar-refractivity contribution < 1.29 is 9.42 Å². The number of aromatic nitrogens is 4. The van der Waals surface area contributed by atoms with Crippen molar-refractivity contribution in [3.63, 3.8) is 0 Å². The molecule has 142 valence electrons. The average Bonchev–Trinajstić information content (AvgIpc) is 3.27. The normalized spacial score (nSPS) is 12.2. The molecule has 0 spiro atoms. The third-order valence-corrected chi connectivity index (χ3v) is 4.96. The lowest BCUT2D eigenvalue weighted by Crippen LogP contribution is -2.28. The maximum atomic E-state index is 12.4. The summed E-state index contributed by atoms with van der Waals surface area (Å²) in [6.45, 7) is 5.72. The van der Waals surface area contributed by atoms with E-state index in [0.717, 1.165) is 27.7 Å². The van der Waals surface area contributed by atoms with E-state index in [-0.39, 0.29) is 18.4 Å². The molecule has 2 heterocycles. The number of nitrogens with one attached hydrogen (secondary N) is 1. The monoisotopic (exact) mass is 375 g/mol. The van der Waals surface area contributed by atoms with Gasteiger partial charge in [-0.25, -0.2) is 9.31 Å². The summed E-state index contributed by atoms with van der Waals surface area (Å²) >= 11 is 0. The molecule has 0 aliphatic rings. The Bertz CT molecular complexity index is 1140. The third kappa shape index (κ3) is 3.26. The molecule has 0 bridgehead atoms. The molecule has 4 rings (SSSR count). The van der Waals surface area contributed by atoms with Gasteiger partial charge < -0.3 is 5.32 Å². The van der Waals surface area contributed by atoms with Gasteiger partial charge in [0, 0.05) is 16.6 Å². The summed E-state index contributed by atoms with van der Waals surface area (Å²) in [5.74, 6) is -0.136. The van der Waals surface area contributed by atoms with Gasteiger partial charge in [0.2, 0.25) is 5.91 Å². The highest BCUT2D eigenvalue weighted by atomic mass is 16.6. The van der Waals surface area contributed by atoms with Crippen molar-refractivity contribution in [2.45, 2.75) is 33.2 Å². The number of rotatable bonds is 5. The molecule has 1 atom stereocenters. The maximum Gasteiger partial charge on any atom is 0.226 e. The number of nitrogens with zero attached hydrogens (tertiary/aromatic N) is 4. The smallest absolute Gasteiger partial charge is 0.226 e. The zero-order valence-electron chi connectivity index (χ0n) is 16.0. The Morgan fingerprint density at radius 1 is 1.14 bits per heavy atom. The maximum absolute atomic E-state index is 12.4. The highest BCUT2D eigenvalue weighted by Crippen LogP contribution is 2.25. The molecule has 0 aliphatic heterocycles. The fourth-order valence-electron chi connectivity index (χ4n) is 3.42. The van der Waals surface area contributed by atoms with Gasteiger partial charge in [0.15, 0.2) is 0 Å². The Hall–Kier alpha value is -3.48. The van der Waals surface area contributed by atoms with E-state index < -0.39 is 0 Å². The van der Waals surface area contributed by atoms with Crippen molar-refractivity contribution in [3.8, 4) is 5.69 Å². The Balaban J connectivity index is 1.58. The van der Waals surface area contributed by atoms with Gasteiger partial charge in [0.05, 0.1) is 24.3 Å². The van der Waals surface area contributed by atoms with Crippen LogP contribution in [0.25, 0.3) is 16.5 Å². The van der Waals surface area contributed by atoms with Gasteiger partial charge in [-0.05, 0) is 32.2 Å². The van der Waals surface area contributed by atoms with Gasteiger partial charge in [0.25, 0.3) is 0 Å². The molecular weight excluding hydrogens is 354 g/mol.